The van der Waals surface area contributed by atoms with Crippen LogP contribution in [-0.4, -0.2) is 33.2 Å². The molecule has 1 N–H and O–H groups in total. The SMILES string of the molecule is CC(=O)NCc1ccc(C2CCCN2C(=O)c2scnc2C)nc1. The van der Waals surface area contributed by atoms with Crippen molar-refractivity contribution in [1.82, 2.24) is 20.2 Å². The maximum atomic E-state index is 12.8. The maximum Gasteiger partial charge on any atom is 0.266 e. The quantitative estimate of drug-likeness (QED) is 0.924. The van der Waals surface area contributed by atoms with Crippen LogP contribution in [0.25, 0.3) is 0 Å². The highest BCUT2D eigenvalue weighted by molar-refractivity contribution is 7.11. The van der Waals surface area contributed by atoms with Gasteiger partial charge in [0.2, 0.25) is 5.91 Å². The van der Waals surface area contributed by atoms with Crippen LogP contribution in [0.2, 0.25) is 0 Å². The molecule has 2 amide bonds. The largest absolute Gasteiger partial charge is 0.352 e. The second-order valence-corrected chi connectivity index (χ2v) is 6.78. The molecule has 24 heavy (non-hydrogen) atoms. The van der Waals surface area contributed by atoms with Crippen molar-refractivity contribution >= 4 is 23.2 Å². The highest BCUT2D eigenvalue weighted by atomic mass is 32.1. The second kappa shape index (κ2) is 7.09. The minimum absolute atomic E-state index is 0.00816. The van der Waals surface area contributed by atoms with Crippen molar-refractivity contribution in [3.05, 3.63) is 45.7 Å². The first-order valence-electron chi connectivity index (χ1n) is 7.96. The van der Waals surface area contributed by atoms with Crippen molar-refractivity contribution in [2.45, 2.75) is 39.3 Å². The van der Waals surface area contributed by atoms with E-state index in [0.29, 0.717) is 11.4 Å². The van der Waals surface area contributed by atoms with Gasteiger partial charge in [-0.1, -0.05) is 6.07 Å². The first-order valence-corrected chi connectivity index (χ1v) is 8.84. The molecular weight excluding hydrogens is 324 g/mol. The molecule has 1 unspecified atom stereocenters. The summed E-state index contributed by atoms with van der Waals surface area (Å²) in [5, 5.41) is 2.75. The van der Waals surface area contributed by atoms with Crippen LogP contribution in [0, 0.1) is 6.92 Å². The Bertz CT molecular complexity index is 741. The Morgan fingerprint density at radius 1 is 1.38 bits per heavy atom. The van der Waals surface area contributed by atoms with Crippen LogP contribution in [-0.2, 0) is 11.3 Å². The zero-order chi connectivity index (χ0) is 17.1. The lowest BCUT2D eigenvalue weighted by Crippen LogP contribution is -2.31. The van der Waals surface area contributed by atoms with E-state index in [-0.39, 0.29) is 17.9 Å². The van der Waals surface area contributed by atoms with E-state index in [0.717, 1.165) is 36.3 Å². The molecule has 0 bridgehead atoms. The minimum Gasteiger partial charge on any atom is -0.352 e. The van der Waals surface area contributed by atoms with Crippen molar-refractivity contribution in [2.24, 2.45) is 0 Å². The van der Waals surface area contributed by atoms with Gasteiger partial charge in [0.05, 0.1) is 22.9 Å². The van der Waals surface area contributed by atoms with Crippen LogP contribution >= 0.6 is 11.3 Å². The third kappa shape index (κ3) is 3.46. The summed E-state index contributed by atoms with van der Waals surface area (Å²) in [6.45, 7) is 4.57. The fourth-order valence-corrected chi connectivity index (χ4v) is 3.68. The Morgan fingerprint density at radius 2 is 2.21 bits per heavy atom. The number of nitrogens with one attached hydrogen (secondary N) is 1. The highest BCUT2D eigenvalue weighted by Gasteiger charge is 2.32. The van der Waals surface area contributed by atoms with Crippen molar-refractivity contribution in [2.75, 3.05) is 6.54 Å². The summed E-state index contributed by atoms with van der Waals surface area (Å²) >= 11 is 1.39. The summed E-state index contributed by atoms with van der Waals surface area (Å²) in [5.41, 5.74) is 4.34. The van der Waals surface area contributed by atoms with Crippen molar-refractivity contribution in [3.8, 4) is 0 Å². The maximum absolute atomic E-state index is 12.8. The molecule has 3 rings (SSSR count). The van der Waals surface area contributed by atoms with Crippen LogP contribution in [0.1, 0.15) is 52.4 Å². The van der Waals surface area contributed by atoms with E-state index in [1.807, 2.05) is 24.0 Å². The van der Waals surface area contributed by atoms with Gasteiger partial charge in [-0.25, -0.2) is 4.98 Å². The van der Waals surface area contributed by atoms with Crippen molar-refractivity contribution in [3.63, 3.8) is 0 Å². The highest BCUT2D eigenvalue weighted by Crippen LogP contribution is 2.33. The number of thiazole rings is 1. The van der Waals surface area contributed by atoms with Gasteiger partial charge in [-0.15, -0.1) is 11.3 Å². The number of nitrogens with zero attached hydrogens (tertiary/aromatic N) is 3. The minimum atomic E-state index is -0.0634. The molecule has 0 radical (unpaired) electrons. The van der Waals surface area contributed by atoms with Gasteiger partial charge in [-0.3, -0.25) is 14.6 Å². The summed E-state index contributed by atoms with van der Waals surface area (Å²) in [7, 11) is 0. The molecule has 6 nitrogen and oxygen atoms in total. The van der Waals surface area contributed by atoms with Crippen LogP contribution < -0.4 is 5.32 Å². The van der Waals surface area contributed by atoms with Gasteiger partial charge in [0.1, 0.15) is 4.88 Å². The number of hydrogen-bond donors (Lipinski definition) is 1. The summed E-state index contributed by atoms with van der Waals surface area (Å²) in [6, 6.07) is 3.92. The fourth-order valence-electron chi connectivity index (χ4n) is 2.92. The number of pyridine rings is 1. The molecule has 0 saturated carbocycles. The molecule has 3 heterocycles. The van der Waals surface area contributed by atoms with E-state index >= 15 is 0 Å². The van der Waals surface area contributed by atoms with Crippen LogP contribution in [0.4, 0.5) is 0 Å². The molecule has 0 aromatic carbocycles. The number of carbonyl (C=O) groups excluding carboxylic acids is 2. The number of carbonyl (C=O) groups is 2. The van der Waals surface area contributed by atoms with Gasteiger partial charge in [-0.05, 0) is 31.4 Å². The van der Waals surface area contributed by atoms with E-state index in [9.17, 15) is 9.59 Å². The predicted molar refractivity (Wildman–Crippen MR) is 91.6 cm³/mol. The van der Waals surface area contributed by atoms with Gasteiger partial charge in [0.15, 0.2) is 0 Å². The molecule has 1 saturated heterocycles. The Kier molecular flexibility index (Phi) is 4.89. The van der Waals surface area contributed by atoms with E-state index in [4.69, 9.17) is 0 Å². The lowest BCUT2D eigenvalue weighted by atomic mass is 10.1. The number of likely N-dealkylation sites (tertiary alicyclic amines) is 1. The van der Waals surface area contributed by atoms with E-state index in [2.05, 4.69) is 15.3 Å². The average molecular weight is 344 g/mol. The molecular formula is C17H20N4O2S. The molecule has 1 fully saturated rings. The second-order valence-electron chi connectivity index (χ2n) is 5.92. The first kappa shape index (κ1) is 16.6. The molecule has 2 aromatic heterocycles. The van der Waals surface area contributed by atoms with E-state index < -0.39 is 0 Å². The van der Waals surface area contributed by atoms with Gasteiger partial charge in [-0.2, -0.15) is 0 Å². The average Bonchev–Trinajstić information content (AvgIpc) is 3.21. The summed E-state index contributed by atoms with van der Waals surface area (Å²) in [5.74, 6) is -0.0202. The molecule has 1 atom stereocenters. The monoisotopic (exact) mass is 344 g/mol. The zero-order valence-electron chi connectivity index (χ0n) is 13.8. The third-order valence-electron chi connectivity index (χ3n) is 4.18. The third-order valence-corrected chi connectivity index (χ3v) is 5.10. The molecule has 0 aliphatic carbocycles. The summed E-state index contributed by atoms with van der Waals surface area (Å²) in [4.78, 5) is 35.1. The Labute approximate surface area is 144 Å². The zero-order valence-corrected chi connectivity index (χ0v) is 14.6. The molecule has 0 spiro atoms. The van der Waals surface area contributed by atoms with Gasteiger partial charge in [0, 0.05) is 26.2 Å². The van der Waals surface area contributed by atoms with Crippen LogP contribution in [0.5, 0.6) is 0 Å². The normalized spacial score (nSPS) is 17.1. The lowest BCUT2D eigenvalue weighted by Gasteiger charge is -2.24. The molecule has 126 valence electrons. The number of aromatic nitrogens is 2. The van der Waals surface area contributed by atoms with E-state index in [1.54, 1.807) is 11.7 Å². The van der Waals surface area contributed by atoms with Crippen LogP contribution in [0.15, 0.2) is 23.8 Å². The van der Waals surface area contributed by atoms with Gasteiger partial charge >= 0.3 is 0 Å². The first-order chi connectivity index (χ1) is 11.6. The summed E-state index contributed by atoms with van der Waals surface area (Å²) in [6.07, 6.45) is 3.66. The number of aryl methyl sites for hydroxylation is 1. The molecule has 7 heteroatoms. The molecule has 2 aromatic rings. The van der Waals surface area contributed by atoms with Gasteiger partial charge in [0.25, 0.3) is 5.91 Å². The Morgan fingerprint density at radius 3 is 2.83 bits per heavy atom. The number of rotatable bonds is 4. The standard InChI is InChI=1S/C17H20N4O2S/c1-11-16(24-10-20-11)17(23)21-7-3-4-15(21)14-6-5-13(9-19-14)8-18-12(2)22/h5-6,9-10,15H,3-4,7-8H2,1-2H3,(H,18,22). The Balaban J connectivity index is 1.74. The predicted octanol–water partition coefficient (Wildman–Crippen LogP) is 2.46. The summed E-state index contributed by atoms with van der Waals surface area (Å²) < 4.78 is 0. The fraction of sp³-hybridized carbons (Fsp3) is 0.412. The Hall–Kier alpha value is -2.28. The topological polar surface area (TPSA) is 75.2 Å². The lowest BCUT2D eigenvalue weighted by molar-refractivity contribution is -0.119. The molecule has 1 aliphatic heterocycles. The van der Waals surface area contributed by atoms with Gasteiger partial charge < -0.3 is 10.2 Å². The molecule has 1 aliphatic rings. The smallest absolute Gasteiger partial charge is 0.266 e. The van der Waals surface area contributed by atoms with Crippen molar-refractivity contribution in [1.29, 1.82) is 0 Å². The van der Waals surface area contributed by atoms with Crippen molar-refractivity contribution < 1.29 is 9.59 Å². The number of amides is 2. The van der Waals surface area contributed by atoms with Crippen LogP contribution in [0.3, 0.4) is 0 Å². The van der Waals surface area contributed by atoms with E-state index in [1.165, 1.54) is 18.3 Å². The number of hydrogen-bond acceptors (Lipinski definition) is 5.